The van der Waals surface area contributed by atoms with Gasteiger partial charge < -0.3 is 0 Å². The van der Waals surface area contributed by atoms with E-state index in [1.165, 1.54) is 77.5 Å². The fourth-order valence-corrected chi connectivity index (χ4v) is 12.4. The molecule has 0 unspecified atom stereocenters. The van der Waals surface area contributed by atoms with Crippen LogP contribution in [0.5, 0.6) is 11.5 Å². The third-order valence-electron chi connectivity index (χ3n) is 16.4. The van der Waals surface area contributed by atoms with Crippen LogP contribution in [0.15, 0.2) is 152 Å². The molecule has 65 heavy (non-hydrogen) atoms. The first-order valence-corrected chi connectivity index (χ1v) is 23.9. The van der Waals surface area contributed by atoms with Crippen molar-refractivity contribution in [3.8, 4) is 45.1 Å². The zero-order chi connectivity index (χ0) is 44.9. The molecule has 0 aliphatic carbocycles. The maximum atomic E-state index is 7.03. The third-order valence-corrected chi connectivity index (χ3v) is 17.4. The Morgan fingerprint density at radius 3 is 1.80 bits per heavy atom. The van der Waals surface area contributed by atoms with E-state index in [2.05, 4.69) is 247 Å². The minimum atomic E-state index is -0.239. The van der Waals surface area contributed by atoms with E-state index in [1.54, 1.807) is 0 Å². The summed E-state index contributed by atoms with van der Waals surface area (Å²) in [5.41, 5.74) is 17.4. The molecule has 5 heterocycles. The van der Waals surface area contributed by atoms with Crippen LogP contribution >= 0.6 is 0 Å². The van der Waals surface area contributed by atoms with Crippen LogP contribution in [0.1, 0.15) is 83.3 Å². The smallest absolute Gasteiger partial charge is 0.0162 e. The van der Waals surface area contributed by atoms with Crippen molar-refractivity contribution in [1.82, 2.24) is 18.5 Å². The van der Waals surface area contributed by atoms with E-state index in [4.69, 9.17) is 9.72 Å². The molecule has 3 aromatic heterocycles. The SMILES string of the molecule is Cc1ccc2c3c1c1ccc(Oc4ccc5c(c4)-n4[c](=[Pt])n(-c6c(-c7ccccc7)cccc6-c6ccccc6)c6cccc(c64)C(C)(C)C5(C)C)cc1c1ncc(n13)C(C)(C)C2(C)C. The van der Waals surface area contributed by atoms with Crippen LogP contribution in [0.3, 0.4) is 0 Å². The summed E-state index contributed by atoms with van der Waals surface area (Å²) in [5, 5.41) is 3.59. The second kappa shape index (κ2) is 13.6. The molecule has 0 fully saturated rings. The number of pyridine rings is 1. The van der Waals surface area contributed by atoms with Crippen molar-refractivity contribution in [3.63, 3.8) is 0 Å². The molecule has 0 saturated heterocycles. The van der Waals surface area contributed by atoms with Crippen LogP contribution in [0.25, 0.3) is 72.0 Å². The first-order chi connectivity index (χ1) is 31.1. The summed E-state index contributed by atoms with van der Waals surface area (Å²) in [5.74, 6) is 1.58. The predicted molar refractivity (Wildman–Crippen MR) is 264 cm³/mol. The van der Waals surface area contributed by atoms with Crippen LogP contribution in [0.2, 0.25) is 0 Å². The van der Waals surface area contributed by atoms with Gasteiger partial charge in [-0.1, -0.05) is 39.8 Å². The Morgan fingerprint density at radius 1 is 0.523 bits per heavy atom. The molecule has 12 rings (SSSR count). The van der Waals surface area contributed by atoms with E-state index in [1.807, 2.05) is 0 Å². The number of imidazole rings is 2. The summed E-state index contributed by atoms with van der Waals surface area (Å²) in [4.78, 5) is 5.17. The number of aryl methyl sites for hydroxylation is 1. The average molecular weight is 1030 g/mol. The maximum Gasteiger partial charge on any atom is 0.0162 e. The zero-order valence-electron chi connectivity index (χ0n) is 38.4. The van der Waals surface area contributed by atoms with Crippen molar-refractivity contribution >= 4 is 38.4 Å². The number of nitrogens with zero attached hydrogens (tertiary/aromatic N) is 4. The zero-order valence-corrected chi connectivity index (χ0v) is 40.7. The second-order valence-corrected chi connectivity index (χ2v) is 21.5. The Kier molecular flexibility index (Phi) is 8.43. The molecular weight excluding hydrogens is 976 g/mol. The molecule has 0 spiro atoms. The minimum Gasteiger partial charge on any atom is -0.0548 e. The van der Waals surface area contributed by atoms with E-state index < -0.39 is 0 Å². The summed E-state index contributed by atoms with van der Waals surface area (Å²) in [7, 11) is 0. The number of rotatable bonds is 5. The Labute approximate surface area is 391 Å². The molecule has 5 nitrogen and oxygen atoms in total. The number of ether oxygens (including phenoxy) is 1. The molecular formula is C59H52N4OPt. The van der Waals surface area contributed by atoms with Gasteiger partial charge in [0.05, 0.1) is 0 Å². The Hall–Kier alpha value is -6.29. The largest absolute Gasteiger partial charge is 0.0548 e. The molecule has 0 amide bonds. The van der Waals surface area contributed by atoms with Gasteiger partial charge in [-0.25, -0.2) is 0 Å². The van der Waals surface area contributed by atoms with Gasteiger partial charge in [0.25, 0.3) is 0 Å². The van der Waals surface area contributed by atoms with Gasteiger partial charge in [-0.15, -0.1) is 0 Å². The van der Waals surface area contributed by atoms with Gasteiger partial charge in [0.15, 0.2) is 0 Å². The van der Waals surface area contributed by atoms with Gasteiger partial charge in [-0.2, -0.15) is 0 Å². The predicted octanol–water partition coefficient (Wildman–Crippen LogP) is 15.0. The molecule has 2 aliphatic rings. The standard InChI is InChI=1S/C59H52N4O.Pt/c1-36-26-30-47-54-51(36)43-29-27-39(32-44(43)55-60-34-50(63(54)55)59(8,9)58(47,6)7)64-40-28-31-45-49(33-40)62-35-61(48-25-17-24-46(53(48)62)57(4,5)56(45,2)3)52-41(37-18-12-10-13-19-37)22-16-23-42(52)38-20-14-11-15-21-38;/h10-34H,1-9H3;. The van der Waals surface area contributed by atoms with E-state index in [0.29, 0.717) is 0 Å². The van der Waals surface area contributed by atoms with Crippen LogP contribution in [-0.4, -0.2) is 18.5 Å². The normalized spacial score (nSPS) is 16.4. The van der Waals surface area contributed by atoms with Gasteiger partial charge in [-0.05, 0) is 12.5 Å². The van der Waals surface area contributed by atoms with Crippen molar-refractivity contribution < 1.29 is 24.1 Å². The Balaban J connectivity index is 1.09. The van der Waals surface area contributed by atoms with Gasteiger partial charge in [0.1, 0.15) is 0 Å². The Morgan fingerprint density at radius 2 is 1.11 bits per heavy atom. The first-order valence-electron chi connectivity index (χ1n) is 22.8. The van der Waals surface area contributed by atoms with Crippen molar-refractivity contribution in [2.24, 2.45) is 0 Å². The molecule has 0 atom stereocenters. The quantitative estimate of drug-likeness (QED) is 0.161. The molecule has 10 aromatic rings. The van der Waals surface area contributed by atoms with Gasteiger partial charge in [0.2, 0.25) is 0 Å². The number of hydrogen-bond donors (Lipinski definition) is 0. The maximum absolute atomic E-state index is 7.03. The van der Waals surface area contributed by atoms with Crippen LogP contribution in [0, 0.1) is 10.7 Å². The first kappa shape index (κ1) is 40.2. The van der Waals surface area contributed by atoms with Crippen molar-refractivity contribution in [3.05, 3.63) is 184 Å². The molecule has 2 aliphatic heterocycles. The third kappa shape index (κ3) is 5.31. The molecule has 0 radical (unpaired) electrons. The topological polar surface area (TPSA) is 36.4 Å². The van der Waals surface area contributed by atoms with Crippen molar-refractivity contribution in [1.29, 1.82) is 0 Å². The second-order valence-electron chi connectivity index (χ2n) is 20.5. The van der Waals surface area contributed by atoms with Crippen LogP contribution in [-0.2, 0) is 41.0 Å². The number of hydrogen-bond acceptors (Lipinski definition) is 2. The van der Waals surface area contributed by atoms with E-state index >= 15 is 0 Å². The summed E-state index contributed by atoms with van der Waals surface area (Å²) in [6, 6.07) is 53.2. The van der Waals surface area contributed by atoms with Crippen LogP contribution < -0.4 is 4.74 Å². The summed E-state index contributed by atoms with van der Waals surface area (Å²) in [6.07, 6.45) is 2.11. The van der Waals surface area contributed by atoms with Gasteiger partial charge in [0, 0.05) is 10.8 Å². The number of aromatic nitrogens is 4. The minimum absolute atomic E-state index is 0.0772. The summed E-state index contributed by atoms with van der Waals surface area (Å²) >= 11 is 2.59. The summed E-state index contributed by atoms with van der Waals surface area (Å²) in [6.45, 7) is 21.4. The molecule has 7 aromatic carbocycles. The summed E-state index contributed by atoms with van der Waals surface area (Å²) < 4.78 is 15.6. The molecule has 0 N–H and O–H groups in total. The fraction of sp³-hybridized carbons (Fsp3) is 0.220. The van der Waals surface area contributed by atoms with Crippen molar-refractivity contribution in [2.45, 2.75) is 84.0 Å². The van der Waals surface area contributed by atoms with Gasteiger partial charge >= 0.3 is 330 Å². The van der Waals surface area contributed by atoms with Gasteiger partial charge in [-0.3, -0.25) is 0 Å². The van der Waals surface area contributed by atoms with E-state index in [0.717, 1.165) is 37.7 Å². The van der Waals surface area contributed by atoms with Crippen molar-refractivity contribution in [2.75, 3.05) is 0 Å². The van der Waals surface area contributed by atoms with E-state index in [-0.39, 0.29) is 21.7 Å². The Bertz CT molecular complexity index is 3660. The van der Waals surface area contributed by atoms with E-state index in [9.17, 15) is 0 Å². The average Bonchev–Trinajstić information content (AvgIpc) is 3.87. The number of benzene rings is 7. The van der Waals surface area contributed by atoms with Crippen LogP contribution in [0.4, 0.5) is 0 Å². The number of fused-ring (bicyclic) bond motifs is 5. The monoisotopic (exact) mass is 1030 g/mol. The molecule has 6 heteroatoms. The molecule has 0 saturated carbocycles. The number of para-hydroxylation sites is 2. The fourth-order valence-electron chi connectivity index (χ4n) is 11.4. The molecule has 324 valence electrons. The molecule has 0 bridgehead atoms.